The van der Waals surface area contributed by atoms with Crippen molar-refractivity contribution in [3.05, 3.63) is 52.0 Å². The fourth-order valence-electron chi connectivity index (χ4n) is 2.20. The molecule has 1 aromatic carbocycles. The lowest BCUT2D eigenvalue weighted by Crippen LogP contribution is -2.49. The summed E-state index contributed by atoms with van der Waals surface area (Å²) in [6, 6.07) is 7.39. The van der Waals surface area contributed by atoms with Crippen molar-refractivity contribution in [1.82, 2.24) is 10.3 Å². The third-order valence-electron chi connectivity index (χ3n) is 3.51. The number of para-hydroxylation sites is 1. The van der Waals surface area contributed by atoms with Crippen LogP contribution in [0.25, 0.3) is 6.08 Å². The second-order valence-corrected chi connectivity index (χ2v) is 7.19. The number of nitrogens with one attached hydrogen (secondary N) is 1. The molecular weight excluding hydrogens is 352 g/mol. The Bertz CT molecular complexity index is 811. The third-order valence-corrected chi connectivity index (χ3v) is 4.33. The molecule has 0 fully saturated rings. The van der Waals surface area contributed by atoms with E-state index in [0.29, 0.717) is 12.4 Å². The molecular formula is C19H22N2O4S. The molecule has 0 aliphatic carbocycles. The molecule has 0 radical (unpaired) electrons. The van der Waals surface area contributed by atoms with Gasteiger partial charge in [0.05, 0.1) is 17.8 Å². The fraction of sp³-hybridized carbons (Fsp3) is 0.316. The van der Waals surface area contributed by atoms with Crippen LogP contribution in [0.5, 0.6) is 5.75 Å². The minimum atomic E-state index is -1.10. The van der Waals surface area contributed by atoms with Crippen LogP contribution in [0.4, 0.5) is 0 Å². The lowest BCUT2D eigenvalue weighted by atomic mass is 10.1. The molecule has 1 N–H and O–H groups in total. The molecule has 0 aliphatic rings. The van der Waals surface area contributed by atoms with Crippen LogP contribution in [0.3, 0.4) is 0 Å². The van der Waals surface area contributed by atoms with E-state index in [-0.39, 0.29) is 0 Å². The standard InChI is InChI=1S/C19H22N2O4S/c1-13-20-15(12-26-13)11-25-16-8-6-5-7-14(16)9-10-17(22)21-19(2,3)18(23)24-4/h5-10,12H,11H2,1-4H3,(H,21,22)/b10-9+. The summed E-state index contributed by atoms with van der Waals surface area (Å²) >= 11 is 1.57. The van der Waals surface area contributed by atoms with Gasteiger partial charge < -0.3 is 14.8 Å². The van der Waals surface area contributed by atoms with Crippen LogP contribution in [0.15, 0.2) is 35.7 Å². The number of esters is 1. The quantitative estimate of drug-likeness (QED) is 0.595. The van der Waals surface area contributed by atoms with Crippen LogP contribution in [0, 0.1) is 6.92 Å². The number of aryl methyl sites for hydroxylation is 1. The zero-order chi connectivity index (χ0) is 19.2. The Morgan fingerprint density at radius 2 is 2.04 bits per heavy atom. The molecule has 0 bridgehead atoms. The summed E-state index contributed by atoms with van der Waals surface area (Å²) in [5.74, 6) is -0.263. The summed E-state index contributed by atoms with van der Waals surface area (Å²) in [5, 5.41) is 5.55. The number of hydrogen-bond acceptors (Lipinski definition) is 6. The number of aromatic nitrogens is 1. The summed E-state index contributed by atoms with van der Waals surface area (Å²) in [6.45, 7) is 5.46. The minimum Gasteiger partial charge on any atom is -0.487 e. The van der Waals surface area contributed by atoms with Crippen molar-refractivity contribution in [2.24, 2.45) is 0 Å². The third kappa shape index (κ3) is 5.42. The van der Waals surface area contributed by atoms with Crippen LogP contribution < -0.4 is 10.1 Å². The van der Waals surface area contributed by atoms with Crippen LogP contribution in [0.2, 0.25) is 0 Å². The molecule has 1 heterocycles. The summed E-state index contributed by atoms with van der Waals surface area (Å²) < 4.78 is 10.5. The van der Waals surface area contributed by atoms with Gasteiger partial charge in [-0.25, -0.2) is 9.78 Å². The first-order valence-electron chi connectivity index (χ1n) is 8.03. The number of ether oxygens (including phenoxy) is 2. The molecule has 138 valence electrons. The van der Waals surface area contributed by atoms with Crippen molar-refractivity contribution in [3.63, 3.8) is 0 Å². The molecule has 0 saturated carbocycles. The second kappa shape index (κ2) is 8.62. The second-order valence-electron chi connectivity index (χ2n) is 6.12. The summed E-state index contributed by atoms with van der Waals surface area (Å²) in [7, 11) is 1.28. The lowest BCUT2D eigenvalue weighted by molar-refractivity contribution is -0.148. The van der Waals surface area contributed by atoms with E-state index in [2.05, 4.69) is 15.0 Å². The molecule has 26 heavy (non-hydrogen) atoms. The van der Waals surface area contributed by atoms with Gasteiger partial charge in [0.25, 0.3) is 0 Å². The fourth-order valence-corrected chi connectivity index (χ4v) is 2.79. The van der Waals surface area contributed by atoms with Crippen LogP contribution in [0.1, 0.15) is 30.1 Å². The predicted octanol–water partition coefficient (Wildman–Crippen LogP) is 3.11. The number of methoxy groups -OCH3 is 1. The van der Waals surface area contributed by atoms with Gasteiger partial charge in [0.1, 0.15) is 17.9 Å². The van der Waals surface area contributed by atoms with Gasteiger partial charge in [-0.05, 0) is 32.9 Å². The number of benzene rings is 1. The first kappa shape index (κ1) is 19.7. The smallest absolute Gasteiger partial charge is 0.330 e. The molecule has 0 saturated heterocycles. The number of carbonyl (C=O) groups excluding carboxylic acids is 2. The number of amides is 1. The Labute approximate surface area is 156 Å². The summed E-state index contributed by atoms with van der Waals surface area (Å²) in [6.07, 6.45) is 3.00. The summed E-state index contributed by atoms with van der Waals surface area (Å²) in [5.41, 5.74) is 0.517. The highest BCUT2D eigenvalue weighted by atomic mass is 32.1. The van der Waals surface area contributed by atoms with Crippen molar-refractivity contribution >= 4 is 29.3 Å². The predicted molar refractivity (Wildman–Crippen MR) is 101 cm³/mol. The molecule has 2 rings (SSSR count). The van der Waals surface area contributed by atoms with Crippen molar-refractivity contribution < 1.29 is 19.1 Å². The first-order valence-corrected chi connectivity index (χ1v) is 8.91. The number of rotatable bonds is 7. The van der Waals surface area contributed by atoms with Crippen LogP contribution in [-0.4, -0.2) is 29.5 Å². The van der Waals surface area contributed by atoms with E-state index in [0.717, 1.165) is 16.3 Å². The molecule has 1 aromatic heterocycles. The van der Waals surface area contributed by atoms with Gasteiger partial charge in [-0.1, -0.05) is 18.2 Å². The maximum absolute atomic E-state index is 12.1. The molecule has 1 amide bonds. The molecule has 0 aliphatic heterocycles. The number of nitrogens with zero attached hydrogens (tertiary/aromatic N) is 1. The van der Waals surface area contributed by atoms with Gasteiger partial charge in [0, 0.05) is 17.0 Å². The average Bonchev–Trinajstić information content (AvgIpc) is 3.03. The largest absolute Gasteiger partial charge is 0.487 e. The molecule has 2 aromatic rings. The van der Waals surface area contributed by atoms with Crippen molar-refractivity contribution in [1.29, 1.82) is 0 Å². The van der Waals surface area contributed by atoms with Gasteiger partial charge in [0.15, 0.2) is 0 Å². The maximum Gasteiger partial charge on any atom is 0.330 e. The van der Waals surface area contributed by atoms with Gasteiger partial charge in [-0.3, -0.25) is 4.79 Å². The molecule has 0 unspecified atom stereocenters. The summed E-state index contributed by atoms with van der Waals surface area (Å²) in [4.78, 5) is 28.1. The first-order chi connectivity index (χ1) is 12.3. The van der Waals surface area contributed by atoms with Gasteiger partial charge in [-0.2, -0.15) is 0 Å². The SMILES string of the molecule is COC(=O)C(C)(C)NC(=O)/C=C/c1ccccc1OCc1csc(C)n1. The van der Waals surface area contributed by atoms with E-state index in [1.165, 1.54) is 13.2 Å². The van der Waals surface area contributed by atoms with E-state index in [1.54, 1.807) is 31.3 Å². The van der Waals surface area contributed by atoms with Gasteiger partial charge in [0.2, 0.25) is 5.91 Å². The number of carbonyl (C=O) groups is 2. The van der Waals surface area contributed by atoms with Crippen molar-refractivity contribution in [3.8, 4) is 5.75 Å². The molecule has 7 heteroatoms. The Morgan fingerprint density at radius 1 is 1.31 bits per heavy atom. The molecule has 0 atom stereocenters. The normalized spacial score (nSPS) is 11.4. The average molecular weight is 374 g/mol. The van der Waals surface area contributed by atoms with E-state index in [1.807, 2.05) is 36.6 Å². The molecule has 0 spiro atoms. The highest BCUT2D eigenvalue weighted by Crippen LogP contribution is 2.21. The van der Waals surface area contributed by atoms with E-state index < -0.39 is 17.4 Å². The Morgan fingerprint density at radius 3 is 2.69 bits per heavy atom. The Kier molecular flexibility index (Phi) is 6.52. The Hall–Kier alpha value is -2.67. The zero-order valence-corrected chi connectivity index (χ0v) is 16.1. The monoisotopic (exact) mass is 374 g/mol. The van der Waals surface area contributed by atoms with Gasteiger partial charge in [-0.15, -0.1) is 11.3 Å². The number of hydrogen-bond donors (Lipinski definition) is 1. The lowest BCUT2D eigenvalue weighted by Gasteiger charge is -2.22. The highest BCUT2D eigenvalue weighted by molar-refractivity contribution is 7.09. The maximum atomic E-state index is 12.1. The van der Waals surface area contributed by atoms with Crippen molar-refractivity contribution in [2.45, 2.75) is 32.9 Å². The topological polar surface area (TPSA) is 77.5 Å². The van der Waals surface area contributed by atoms with Gasteiger partial charge >= 0.3 is 5.97 Å². The number of thiazole rings is 1. The van der Waals surface area contributed by atoms with E-state index in [4.69, 9.17) is 4.74 Å². The van der Waals surface area contributed by atoms with Crippen molar-refractivity contribution in [2.75, 3.05) is 7.11 Å². The van der Waals surface area contributed by atoms with Crippen LogP contribution in [-0.2, 0) is 20.9 Å². The molecule has 6 nitrogen and oxygen atoms in total. The van der Waals surface area contributed by atoms with E-state index >= 15 is 0 Å². The zero-order valence-electron chi connectivity index (χ0n) is 15.2. The minimum absolute atomic E-state index is 0.358. The van der Waals surface area contributed by atoms with E-state index in [9.17, 15) is 9.59 Å². The van der Waals surface area contributed by atoms with Crippen LogP contribution >= 0.6 is 11.3 Å². The Balaban J connectivity index is 2.03. The highest BCUT2D eigenvalue weighted by Gasteiger charge is 2.29.